The molecule has 0 saturated carbocycles. The molecule has 1 N–H and O–H groups in total. The van der Waals surface area contributed by atoms with Crippen molar-refractivity contribution in [1.29, 1.82) is 0 Å². The van der Waals surface area contributed by atoms with Crippen LogP contribution in [-0.2, 0) is 11.3 Å². The number of hydrogen-bond acceptors (Lipinski definition) is 5. The molecule has 0 aliphatic carbocycles. The van der Waals surface area contributed by atoms with Crippen molar-refractivity contribution in [3.63, 3.8) is 0 Å². The number of nitrogens with one attached hydrogen (secondary N) is 1. The molecule has 7 nitrogen and oxygen atoms in total. The van der Waals surface area contributed by atoms with E-state index in [2.05, 4.69) is 20.1 Å². The van der Waals surface area contributed by atoms with Gasteiger partial charge in [0.1, 0.15) is 18.1 Å². The second-order valence-corrected chi connectivity index (χ2v) is 6.23. The number of furan rings is 1. The van der Waals surface area contributed by atoms with Gasteiger partial charge in [-0.15, -0.1) is 0 Å². The summed E-state index contributed by atoms with van der Waals surface area (Å²) in [6, 6.07) is 11.2. The zero-order valence-corrected chi connectivity index (χ0v) is 15.3. The molecule has 0 aliphatic rings. The number of anilines is 1. The monoisotopic (exact) mass is 398 g/mol. The Morgan fingerprint density at radius 2 is 2.03 bits per heavy atom. The maximum Gasteiger partial charge on any atom is 0.387 e. The van der Waals surface area contributed by atoms with Crippen molar-refractivity contribution in [3.05, 3.63) is 60.6 Å². The normalized spacial score (nSPS) is 11.2. The highest BCUT2D eigenvalue weighted by atomic mass is 19.3. The molecule has 148 valence electrons. The fourth-order valence-corrected chi connectivity index (χ4v) is 3.09. The van der Waals surface area contributed by atoms with Gasteiger partial charge in [-0.25, -0.2) is 9.67 Å². The number of pyridine rings is 1. The van der Waals surface area contributed by atoms with E-state index < -0.39 is 6.61 Å². The van der Waals surface area contributed by atoms with Gasteiger partial charge in [-0.05, 0) is 49.4 Å². The van der Waals surface area contributed by atoms with E-state index in [1.807, 2.05) is 19.1 Å². The quantitative estimate of drug-likeness (QED) is 0.525. The maximum atomic E-state index is 12.4. The highest BCUT2D eigenvalue weighted by Crippen LogP contribution is 2.30. The molecule has 1 amide bonds. The van der Waals surface area contributed by atoms with Crippen LogP contribution in [0.4, 0.5) is 14.5 Å². The van der Waals surface area contributed by atoms with Crippen LogP contribution in [0.2, 0.25) is 0 Å². The number of rotatable bonds is 6. The van der Waals surface area contributed by atoms with Crippen LogP contribution in [0.3, 0.4) is 0 Å². The van der Waals surface area contributed by atoms with Crippen molar-refractivity contribution < 1.29 is 22.7 Å². The molecule has 0 saturated heterocycles. The van der Waals surface area contributed by atoms with Crippen LogP contribution in [0.5, 0.6) is 5.75 Å². The molecule has 4 aromatic rings. The second-order valence-electron chi connectivity index (χ2n) is 6.23. The Kier molecular flexibility index (Phi) is 4.94. The van der Waals surface area contributed by atoms with Gasteiger partial charge in [-0.1, -0.05) is 0 Å². The number of carbonyl (C=O) groups is 1. The molecule has 0 spiro atoms. The molecule has 0 aliphatic heterocycles. The standard InChI is InChI=1S/C20H16F2N4O3/c1-12-18-15(16-3-2-10-28-16)8-9-23-19(18)26(25-12)11-17(27)24-13-4-6-14(7-5-13)29-20(21)22/h2-10,20H,11H2,1H3,(H,24,27). The Balaban J connectivity index is 1.54. The molecule has 0 fully saturated rings. The maximum absolute atomic E-state index is 12.4. The van der Waals surface area contributed by atoms with Crippen LogP contribution in [0.1, 0.15) is 5.69 Å². The van der Waals surface area contributed by atoms with E-state index in [1.165, 1.54) is 28.9 Å². The van der Waals surface area contributed by atoms with Gasteiger partial charge in [-0.3, -0.25) is 4.79 Å². The number of aromatic nitrogens is 3. The fraction of sp³-hybridized carbons (Fsp3) is 0.150. The zero-order chi connectivity index (χ0) is 20.4. The fourth-order valence-electron chi connectivity index (χ4n) is 3.09. The molecule has 4 rings (SSSR count). The summed E-state index contributed by atoms with van der Waals surface area (Å²) >= 11 is 0. The lowest BCUT2D eigenvalue weighted by molar-refractivity contribution is -0.116. The number of ether oxygens (including phenoxy) is 1. The van der Waals surface area contributed by atoms with Gasteiger partial charge in [0.2, 0.25) is 5.91 Å². The summed E-state index contributed by atoms with van der Waals surface area (Å²) in [6.45, 7) is -1.12. The minimum Gasteiger partial charge on any atom is -0.464 e. The summed E-state index contributed by atoms with van der Waals surface area (Å²) in [5, 5.41) is 7.94. The first-order valence-corrected chi connectivity index (χ1v) is 8.72. The molecule has 0 radical (unpaired) electrons. The molecule has 29 heavy (non-hydrogen) atoms. The Morgan fingerprint density at radius 3 is 2.72 bits per heavy atom. The van der Waals surface area contributed by atoms with E-state index in [-0.39, 0.29) is 18.2 Å². The first-order chi connectivity index (χ1) is 14.0. The van der Waals surface area contributed by atoms with Crippen LogP contribution in [0.25, 0.3) is 22.4 Å². The number of aryl methyl sites for hydroxylation is 1. The summed E-state index contributed by atoms with van der Waals surface area (Å²) in [5.41, 5.74) is 2.58. The van der Waals surface area contributed by atoms with Crippen molar-refractivity contribution in [2.24, 2.45) is 0 Å². The first-order valence-electron chi connectivity index (χ1n) is 8.72. The number of carbonyl (C=O) groups excluding carboxylic acids is 1. The van der Waals surface area contributed by atoms with Gasteiger partial charge >= 0.3 is 6.61 Å². The molecule has 0 atom stereocenters. The van der Waals surface area contributed by atoms with E-state index in [0.717, 1.165) is 16.6 Å². The summed E-state index contributed by atoms with van der Waals surface area (Å²) in [6.07, 6.45) is 3.23. The van der Waals surface area contributed by atoms with Crippen LogP contribution in [-0.4, -0.2) is 27.3 Å². The van der Waals surface area contributed by atoms with E-state index in [1.54, 1.807) is 18.5 Å². The lowest BCUT2D eigenvalue weighted by atomic mass is 10.1. The molecule has 3 heterocycles. The zero-order valence-electron chi connectivity index (χ0n) is 15.3. The van der Waals surface area contributed by atoms with E-state index >= 15 is 0 Å². The van der Waals surface area contributed by atoms with Crippen LogP contribution < -0.4 is 10.1 Å². The van der Waals surface area contributed by atoms with Crippen molar-refractivity contribution in [2.45, 2.75) is 20.1 Å². The summed E-state index contributed by atoms with van der Waals surface area (Å²) in [7, 11) is 0. The van der Waals surface area contributed by atoms with Crippen LogP contribution in [0.15, 0.2) is 59.3 Å². The minimum absolute atomic E-state index is 0.0151. The second kappa shape index (κ2) is 7.70. The highest BCUT2D eigenvalue weighted by Gasteiger charge is 2.17. The Hall–Kier alpha value is -3.75. The third-order valence-electron chi connectivity index (χ3n) is 4.25. The van der Waals surface area contributed by atoms with Crippen molar-refractivity contribution >= 4 is 22.6 Å². The number of benzene rings is 1. The average Bonchev–Trinajstić information content (AvgIpc) is 3.32. The molecule has 1 aromatic carbocycles. The van der Waals surface area contributed by atoms with Crippen LogP contribution in [0, 0.1) is 6.92 Å². The number of fused-ring (bicyclic) bond motifs is 1. The number of alkyl halides is 2. The predicted octanol–water partition coefficient (Wildman–Crippen LogP) is 4.24. The lowest BCUT2D eigenvalue weighted by Gasteiger charge is -2.08. The molecule has 3 aromatic heterocycles. The van der Waals surface area contributed by atoms with E-state index in [4.69, 9.17) is 4.42 Å². The third kappa shape index (κ3) is 3.93. The Labute approximate surface area is 163 Å². The minimum atomic E-state index is -2.90. The average molecular weight is 398 g/mol. The molecule has 0 bridgehead atoms. The number of amides is 1. The number of halogens is 2. The van der Waals surface area contributed by atoms with Gasteiger partial charge in [0.05, 0.1) is 17.3 Å². The largest absolute Gasteiger partial charge is 0.464 e. The van der Waals surface area contributed by atoms with Gasteiger partial charge in [0.15, 0.2) is 5.65 Å². The molecular formula is C20H16F2N4O3. The third-order valence-corrected chi connectivity index (χ3v) is 4.25. The number of hydrogen-bond donors (Lipinski definition) is 1. The summed E-state index contributed by atoms with van der Waals surface area (Å²) in [5.74, 6) is 0.374. The van der Waals surface area contributed by atoms with E-state index in [9.17, 15) is 13.6 Å². The smallest absolute Gasteiger partial charge is 0.387 e. The predicted molar refractivity (Wildman–Crippen MR) is 102 cm³/mol. The van der Waals surface area contributed by atoms with Gasteiger partial charge in [0, 0.05) is 17.4 Å². The number of nitrogens with zero attached hydrogens (tertiary/aromatic N) is 3. The van der Waals surface area contributed by atoms with Crippen molar-refractivity contribution in [2.75, 3.05) is 5.32 Å². The van der Waals surface area contributed by atoms with Crippen molar-refractivity contribution in [3.8, 4) is 17.1 Å². The highest BCUT2D eigenvalue weighted by molar-refractivity contribution is 5.95. The summed E-state index contributed by atoms with van der Waals surface area (Å²) in [4.78, 5) is 16.8. The first kappa shape index (κ1) is 18.6. The SMILES string of the molecule is Cc1nn(CC(=O)Nc2ccc(OC(F)F)cc2)c2nccc(-c3ccco3)c12. The summed E-state index contributed by atoms with van der Waals surface area (Å²) < 4.78 is 35.7. The lowest BCUT2D eigenvalue weighted by Crippen LogP contribution is -2.19. The molecule has 0 unspecified atom stereocenters. The molecular weight excluding hydrogens is 382 g/mol. The van der Waals surface area contributed by atoms with Crippen molar-refractivity contribution in [1.82, 2.24) is 14.8 Å². The van der Waals surface area contributed by atoms with Gasteiger partial charge in [-0.2, -0.15) is 13.9 Å². The van der Waals surface area contributed by atoms with Gasteiger partial charge < -0.3 is 14.5 Å². The van der Waals surface area contributed by atoms with E-state index in [0.29, 0.717) is 17.1 Å². The Bertz CT molecular complexity index is 1140. The topological polar surface area (TPSA) is 82.2 Å². The van der Waals surface area contributed by atoms with Crippen LogP contribution >= 0.6 is 0 Å². The Morgan fingerprint density at radius 1 is 1.24 bits per heavy atom. The molecule has 9 heteroatoms. The van der Waals surface area contributed by atoms with Gasteiger partial charge in [0.25, 0.3) is 0 Å².